The van der Waals surface area contributed by atoms with Crippen molar-refractivity contribution in [3.05, 3.63) is 0 Å². The molecule has 2 atom stereocenters. The van der Waals surface area contributed by atoms with Crippen LogP contribution in [0.15, 0.2) is 0 Å². The van der Waals surface area contributed by atoms with Crippen LogP contribution >= 0.6 is 0 Å². The molecule has 0 heterocycles. The van der Waals surface area contributed by atoms with Crippen LogP contribution in [0, 0.1) is 5.92 Å². The highest BCUT2D eigenvalue weighted by atomic mass is 16.4. The average molecular weight is 243 g/mol. The van der Waals surface area contributed by atoms with E-state index in [1.54, 1.807) is 0 Å². The number of aliphatic hydroxyl groups excluding tert-OH is 1. The number of carbonyl (C=O) groups excluding carboxylic acids is 1. The number of nitrogens with two attached hydrogens (primary N) is 1. The lowest BCUT2D eigenvalue weighted by atomic mass is 9.85. The summed E-state index contributed by atoms with van der Waals surface area (Å²) in [5.74, 6) is 0.732. The number of hydrogen-bond acceptors (Lipinski definition) is 4. The van der Waals surface area contributed by atoms with Gasteiger partial charge in [-0.05, 0) is 18.8 Å². The Hall–Kier alpha value is -0.810. The van der Waals surface area contributed by atoms with E-state index in [1.807, 2.05) is 5.32 Å². The van der Waals surface area contributed by atoms with E-state index < -0.39 is 12.2 Å². The van der Waals surface area contributed by atoms with Gasteiger partial charge >= 0.3 is 0 Å². The summed E-state index contributed by atoms with van der Waals surface area (Å²) in [4.78, 5) is 10.2. The van der Waals surface area contributed by atoms with E-state index in [0.29, 0.717) is 0 Å². The quantitative estimate of drug-likeness (QED) is 0.610. The maximum Gasteiger partial charge on any atom is 0.134 e. The number of aliphatic hydroxyl groups is 1. The summed E-state index contributed by atoms with van der Waals surface area (Å²) in [6, 6.07) is -0.358. The molecule has 0 aromatic heterocycles. The van der Waals surface area contributed by atoms with Crippen molar-refractivity contribution in [2.75, 3.05) is 6.54 Å². The first kappa shape index (κ1) is 14.3. The minimum absolute atomic E-state index is 0.0475. The van der Waals surface area contributed by atoms with Crippen LogP contribution in [0.4, 0.5) is 4.79 Å². The number of carboxylic acid groups (broad SMARTS) is 1. The van der Waals surface area contributed by atoms with Gasteiger partial charge in [0, 0.05) is 12.6 Å². The van der Waals surface area contributed by atoms with Crippen LogP contribution in [0.2, 0.25) is 0 Å². The van der Waals surface area contributed by atoms with Crippen LogP contribution in [0.1, 0.15) is 44.9 Å². The number of carbonyl (C=O) groups is 1. The molecule has 1 rings (SSSR count). The van der Waals surface area contributed by atoms with E-state index in [1.165, 1.54) is 32.1 Å². The summed E-state index contributed by atoms with van der Waals surface area (Å²) in [6.45, 7) is -0.0475. The van der Waals surface area contributed by atoms with Crippen LogP contribution in [0.5, 0.6) is 0 Å². The largest absolute Gasteiger partial charge is 0.530 e. The highest BCUT2D eigenvalue weighted by Crippen LogP contribution is 2.27. The summed E-state index contributed by atoms with van der Waals surface area (Å²) in [6.07, 6.45) is 6.05. The Morgan fingerprint density at radius 1 is 1.41 bits per heavy atom. The molecule has 4 N–H and O–H groups in total. The molecule has 17 heavy (non-hydrogen) atoms. The van der Waals surface area contributed by atoms with Gasteiger partial charge in [-0.1, -0.05) is 32.1 Å². The lowest BCUT2D eigenvalue weighted by molar-refractivity contribution is -0.251. The van der Waals surface area contributed by atoms with Gasteiger partial charge in [-0.3, -0.25) is 0 Å². The highest BCUT2D eigenvalue weighted by molar-refractivity contribution is 5.61. The summed E-state index contributed by atoms with van der Waals surface area (Å²) in [7, 11) is 0. The third-order valence-corrected chi connectivity index (χ3v) is 3.58. The maximum absolute atomic E-state index is 10.2. The number of rotatable bonds is 6. The van der Waals surface area contributed by atoms with Gasteiger partial charge in [0.2, 0.25) is 0 Å². The predicted octanol–water partition coefficient (Wildman–Crippen LogP) is -0.0320. The van der Waals surface area contributed by atoms with Crippen molar-refractivity contribution in [3.63, 3.8) is 0 Å². The molecular formula is C12H23N2O3-. The normalized spacial score (nSPS) is 20.8. The molecule has 5 nitrogen and oxygen atoms in total. The first-order valence-corrected chi connectivity index (χ1v) is 6.48. The summed E-state index contributed by atoms with van der Waals surface area (Å²) in [5.41, 5.74) is 5.82. The molecule has 5 heteroatoms. The number of nitrogens with one attached hydrogen (secondary N) is 1. The van der Waals surface area contributed by atoms with E-state index in [4.69, 9.17) is 5.73 Å². The Morgan fingerprint density at radius 2 is 2.06 bits per heavy atom. The molecule has 1 saturated carbocycles. The second-order valence-electron chi connectivity index (χ2n) is 4.98. The molecule has 100 valence electrons. The number of amides is 1. The van der Waals surface area contributed by atoms with Gasteiger partial charge in [0.1, 0.15) is 6.09 Å². The van der Waals surface area contributed by atoms with Crippen molar-refractivity contribution >= 4 is 6.09 Å². The van der Waals surface area contributed by atoms with Crippen LogP contribution in [-0.4, -0.2) is 29.9 Å². The minimum atomic E-state index is -1.37. The topological polar surface area (TPSA) is 98.4 Å². The van der Waals surface area contributed by atoms with Crippen molar-refractivity contribution in [1.82, 2.24) is 5.32 Å². The molecule has 1 fully saturated rings. The first-order chi connectivity index (χ1) is 8.09. The van der Waals surface area contributed by atoms with Crippen LogP contribution in [-0.2, 0) is 0 Å². The van der Waals surface area contributed by atoms with Crippen molar-refractivity contribution in [2.45, 2.75) is 57.1 Å². The second-order valence-corrected chi connectivity index (χ2v) is 4.98. The van der Waals surface area contributed by atoms with Crippen LogP contribution < -0.4 is 16.2 Å². The second kappa shape index (κ2) is 7.50. The minimum Gasteiger partial charge on any atom is -0.530 e. The van der Waals surface area contributed by atoms with Crippen molar-refractivity contribution in [3.8, 4) is 0 Å². The maximum atomic E-state index is 10.2. The van der Waals surface area contributed by atoms with E-state index in [9.17, 15) is 15.0 Å². The molecule has 0 spiro atoms. The fourth-order valence-corrected chi connectivity index (χ4v) is 2.44. The Balaban J connectivity index is 2.14. The SMILES string of the molecule is N[C@@H](CCC1CCCCC1)[C@@H](O)CNC(=O)[O-]. The van der Waals surface area contributed by atoms with Gasteiger partial charge in [-0.15, -0.1) is 0 Å². The lowest BCUT2D eigenvalue weighted by Crippen LogP contribution is -2.47. The molecular weight excluding hydrogens is 220 g/mol. The zero-order valence-electron chi connectivity index (χ0n) is 10.2. The van der Waals surface area contributed by atoms with E-state index in [0.717, 1.165) is 18.8 Å². The Labute approximate surface area is 102 Å². The molecule has 1 aliphatic carbocycles. The molecule has 1 aliphatic rings. The first-order valence-electron chi connectivity index (χ1n) is 6.48. The van der Waals surface area contributed by atoms with Crippen LogP contribution in [0.25, 0.3) is 0 Å². The highest BCUT2D eigenvalue weighted by Gasteiger charge is 2.18. The molecule has 0 unspecified atom stereocenters. The van der Waals surface area contributed by atoms with Gasteiger partial charge < -0.3 is 26.1 Å². The Kier molecular flexibility index (Phi) is 6.29. The molecule has 0 aliphatic heterocycles. The van der Waals surface area contributed by atoms with Gasteiger partial charge in [-0.25, -0.2) is 0 Å². The summed E-state index contributed by atoms with van der Waals surface area (Å²) >= 11 is 0. The predicted molar refractivity (Wildman–Crippen MR) is 63.2 cm³/mol. The van der Waals surface area contributed by atoms with E-state index >= 15 is 0 Å². The molecule has 0 aromatic rings. The standard InChI is InChI=1S/C12H24N2O3/c13-10(11(15)8-14-12(16)17)7-6-9-4-2-1-3-5-9/h9-11,14-15H,1-8,13H2,(H,16,17)/p-1/t10-,11-/m0/s1. The average Bonchev–Trinajstić information content (AvgIpc) is 2.34. The molecule has 1 amide bonds. The monoisotopic (exact) mass is 243 g/mol. The van der Waals surface area contributed by atoms with E-state index in [2.05, 4.69) is 0 Å². The van der Waals surface area contributed by atoms with Crippen molar-refractivity contribution in [1.29, 1.82) is 0 Å². The van der Waals surface area contributed by atoms with Gasteiger partial charge in [0.15, 0.2) is 0 Å². The third-order valence-electron chi connectivity index (χ3n) is 3.58. The number of hydrogen-bond donors (Lipinski definition) is 3. The molecule has 0 bridgehead atoms. The fraction of sp³-hybridized carbons (Fsp3) is 0.917. The summed E-state index contributed by atoms with van der Waals surface area (Å²) < 4.78 is 0. The zero-order valence-corrected chi connectivity index (χ0v) is 10.2. The molecule has 0 radical (unpaired) electrons. The smallest absolute Gasteiger partial charge is 0.134 e. The van der Waals surface area contributed by atoms with Gasteiger partial charge in [0.05, 0.1) is 6.10 Å². The fourth-order valence-electron chi connectivity index (χ4n) is 2.44. The van der Waals surface area contributed by atoms with E-state index in [-0.39, 0.29) is 12.6 Å². The van der Waals surface area contributed by atoms with Crippen molar-refractivity contribution < 1.29 is 15.0 Å². The lowest BCUT2D eigenvalue weighted by Gasteiger charge is -2.25. The van der Waals surface area contributed by atoms with Gasteiger partial charge in [-0.2, -0.15) is 0 Å². The third kappa shape index (κ3) is 5.89. The molecule has 0 aromatic carbocycles. The Morgan fingerprint density at radius 3 is 2.65 bits per heavy atom. The van der Waals surface area contributed by atoms with Crippen LogP contribution in [0.3, 0.4) is 0 Å². The Bertz CT molecular complexity index is 230. The summed E-state index contributed by atoms with van der Waals surface area (Å²) in [5, 5.41) is 21.8. The van der Waals surface area contributed by atoms with Crippen molar-refractivity contribution in [2.24, 2.45) is 11.7 Å². The molecule has 0 saturated heterocycles. The zero-order chi connectivity index (χ0) is 12.7. The van der Waals surface area contributed by atoms with Gasteiger partial charge in [0.25, 0.3) is 0 Å².